The summed E-state index contributed by atoms with van der Waals surface area (Å²) in [7, 11) is 1.74. The second kappa shape index (κ2) is 14.8. The Hall–Kier alpha value is -1.13. The molecule has 2 rings (SSSR count). The quantitative estimate of drug-likeness (QED) is 0.219. The Kier molecular flexibility index (Phi) is 13.2. The molecular weight excluding hydrogens is 476 g/mol. The van der Waals surface area contributed by atoms with Crippen molar-refractivity contribution in [2.45, 2.75) is 44.8 Å². The van der Waals surface area contributed by atoms with E-state index in [0.29, 0.717) is 18.4 Å². The van der Waals surface area contributed by atoms with Gasteiger partial charge in [0.2, 0.25) is 0 Å². The number of ether oxygens (including phenoxy) is 3. The molecular formula is C20H33FIN3O3. The monoisotopic (exact) mass is 509 g/mol. The van der Waals surface area contributed by atoms with Crippen molar-refractivity contribution in [3.8, 4) is 5.75 Å². The smallest absolute Gasteiger partial charge is 0.191 e. The van der Waals surface area contributed by atoms with E-state index in [1.54, 1.807) is 19.2 Å². The van der Waals surface area contributed by atoms with Crippen LogP contribution in [0.25, 0.3) is 0 Å². The van der Waals surface area contributed by atoms with Gasteiger partial charge in [0.1, 0.15) is 17.7 Å². The van der Waals surface area contributed by atoms with Crippen molar-refractivity contribution in [1.29, 1.82) is 0 Å². The fraction of sp³-hybridized carbons (Fsp3) is 0.650. The molecule has 0 spiro atoms. The summed E-state index contributed by atoms with van der Waals surface area (Å²) < 4.78 is 30.3. The zero-order valence-corrected chi connectivity index (χ0v) is 19.1. The standard InChI is InChI=1S/C20H32FN3O3.HI/c1-3-17(27-19-7-4-6-16(21)14-19)15-24-20(22-2)23-10-5-11-26-18-8-12-25-13-9-18;/h4,6-7,14,17-18H,3,5,8-13,15H2,1-2H3,(H2,22,23,24);1H. The van der Waals surface area contributed by atoms with Crippen LogP contribution in [0.15, 0.2) is 29.3 Å². The van der Waals surface area contributed by atoms with Crippen LogP contribution in [0.1, 0.15) is 32.6 Å². The van der Waals surface area contributed by atoms with Gasteiger partial charge in [0.15, 0.2) is 5.96 Å². The highest BCUT2D eigenvalue weighted by Gasteiger charge is 2.13. The highest BCUT2D eigenvalue weighted by Crippen LogP contribution is 2.14. The van der Waals surface area contributed by atoms with E-state index in [1.165, 1.54) is 12.1 Å². The minimum atomic E-state index is -0.296. The third-order valence-electron chi connectivity index (χ3n) is 4.41. The van der Waals surface area contributed by atoms with Gasteiger partial charge in [0.05, 0.1) is 12.6 Å². The molecule has 1 saturated heterocycles. The maximum atomic E-state index is 13.3. The summed E-state index contributed by atoms with van der Waals surface area (Å²) in [6, 6.07) is 6.21. The predicted octanol–water partition coefficient (Wildman–Crippen LogP) is 3.35. The molecule has 1 unspecified atom stereocenters. The van der Waals surface area contributed by atoms with E-state index >= 15 is 0 Å². The number of nitrogens with zero attached hydrogens (tertiary/aromatic N) is 1. The number of hydrogen-bond donors (Lipinski definition) is 2. The summed E-state index contributed by atoms with van der Waals surface area (Å²) in [5, 5.41) is 6.54. The molecule has 0 radical (unpaired) electrons. The molecule has 1 aromatic carbocycles. The number of aliphatic imine (C=N–C) groups is 1. The summed E-state index contributed by atoms with van der Waals surface area (Å²) in [6.07, 6.45) is 3.96. The predicted molar refractivity (Wildman–Crippen MR) is 120 cm³/mol. The van der Waals surface area contributed by atoms with Crippen LogP contribution in [0.2, 0.25) is 0 Å². The lowest BCUT2D eigenvalue weighted by atomic mass is 10.1. The molecule has 1 aliphatic heterocycles. The Bertz CT molecular complexity index is 571. The number of hydrogen-bond acceptors (Lipinski definition) is 4. The van der Waals surface area contributed by atoms with Gasteiger partial charge in [-0.3, -0.25) is 4.99 Å². The topological polar surface area (TPSA) is 64.1 Å². The Morgan fingerprint density at radius 2 is 2.11 bits per heavy atom. The molecule has 0 amide bonds. The Morgan fingerprint density at radius 1 is 1.32 bits per heavy atom. The van der Waals surface area contributed by atoms with Gasteiger partial charge in [0.25, 0.3) is 0 Å². The first-order chi connectivity index (χ1) is 13.2. The average Bonchev–Trinajstić information content (AvgIpc) is 2.69. The minimum Gasteiger partial charge on any atom is -0.489 e. The molecule has 1 aliphatic rings. The summed E-state index contributed by atoms with van der Waals surface area (Å²) >= 11 is 0. The first-order valence-electron chi connectivity index (χ1n) is 9.77. The van der Waals surface area contributed by atoms with Crippen molar-refractivity contribution in [3.63, 3.8) is 0 Å². The zero-order valence-electron chi connectivity index (χ0n) is 16.8. The molecule has 28 heavy (non-hydrogen) atoms. The SMILES string of the molecule is CCC(CNC(=NC)NCCCOC1CCOCC1)Oc1cccc(F)c1.I. The molecule has 0 aliphatic carbocycles. The molecule has 1 heterocycles. The average molecular weight is 509 g/mol. The van der Waals surface area contributed by atoms with Crippen LogP contribution >= 0.6 is 24.0 Å². The fourth-order valence-corrected chi connectivity index (χ4v) is 2.80. The van der Waals surface area contributed by atoms with Gasteiger partial charge in [-0.05, 0) is 37.8 Å². The summed E-state index contributed by atoms with van der Waals surface area (Å²) in [4.78, 5) is 4.22. The lowest BCUT2D eigenvalue weighted by molar-refractivity contribution is -0.0320. The van der Waals surface area contributed by atoms with Gasteiger partial charge in [-0.25, -0.2) is 4.39 Å². The second-order valence-electron chi connectivity index (χ2n) is 6.52. The van der Waals surface area contributed by atoms with Crippen LogP contribution in [0.4, 0.5) is 4.39 Å². The Balaban J connectivity index is 0.00000392. The van der Waals surface area contributed by atoms with Crippen molar-refractivity contribution in [3.05, 3.63) is 30.1 Å². The molecule has 1 fully saturated rings. The molecule has 2 N–H and O–H groups in total. The second-order valence-corrected chi connectivity index (χ2v) is 6.52. The van der Waals surface area contributed by atoms with Crippen LogP contribution in [-0.4, -0.2) is 58.1 Å². The van der Waals surface area contributed by atoms with E-state index in [1.807, 2.05) is 6.92 Å². The van der Waals surface area contributed by atoms with E-state index in [4.69, 9.17) is 14.2 Å². The van der Waals surface area contributed by atoms with Gasteiger partial charge in [0, 0.05) is 39.5 Å². The normalized spacial score (nSPS) is 16.2. The molecule has 6 nitrogen and oxygen atoms in total. The summed E-state index contributed by atoms with van der Waals surface area (Å²) in [5.74, 6) is 0.968. The molecule has 0 aromatic heterocycles. The first kappa shape index (κ1) is 24.9. The van der Waals surface area contributed by atoms with Crippen LogP contribution < -0.4 is 15.4 Å². The van der Waals surface area contributed by atoms with Crippen molar-refractivity contribution in [2.24, 2.45) is 4.99 Å². The third kappa shape index (κ3) is 9.88. The maximum Gasteiger partial charge on any atom is 0.191 e. The van der Waals surface area contributed by atoms with Crippen molar-refractivity contribution in [2.75, 3.05) is 40.0 Å². The molecule has 0 saturated carbocycles. The van der Waals surface area contributed by atoms with E-state index in [-0.39, 0.29) is 35.9 Å². The van der Waals surface area contributed by atoms with Gasteiger partial charge in [-0.15, -0.1) is 24.0 Å². The first-order valence-corrected chi connectivity index (χ1v) is 9.77. The third-order valence-corrected chi connectivity index (χ3v) is 4.41. The highest BCUT2D eigenvalue weighted by atomic mass is 127. The van der Waals surface area contributed by atoms with Gasteiger partial charge < -0.3 is 24.8 Å². The van der Waals surface area contributed by atoms with Gasteiger partial charge >= 0.3 is 0 Å². The van der Waals surface area contributed by atoms with E-state index in [2.05, 4.69) is 15.6 Å². The van der Waals surface area contributed by atoms with Gasteiger partial charge in [-0.2, -0.15) is 0 Å². The van der Waals surface area contributed by atoms with E-state index in [0.717, 1.165) is 58.0 Å². The lowest BCUT2D eigenvalue weighted by Gasteiger charge is -2.22. The van der Waals surface area contributed by atoms with Crippen molar-refractivity contribution in [1.82, 2.24) is 10.6 Å². The van der Waals surface area contributed by atoms with Crippen molar-refractivity contribution < 1.29 is 18.6 Å². The number of benzene rings is 1. The fourth-order valence-electron chi connectivity index (χ4n) is 2.80. The lowest BCUT2D eigenvalue weighted by Crippen LogP contribution is -2.43. The molecule has 160 valence electrons. The zero-order chi connectivity index (χ0) is 19.3. The van der Waals surface area contributed by atoms with Crippen LogP contribution in [0, 0.1) is 5.82 Å². The molecule has 1 atom stereocenters. The number of halogens is 2. The van der Waals surface area contributed by atoms with E-state index < -0.39 is 0 Å². The number of rotatable bonds is 10. The van der Waals surface area contributed by atoms with Crippen LogP contribution in [0.5, 0.6) is 5.75 Å². The minimum absolute atomic E-state index is 0. The van der Waals surface area contributed by atoms with Crippen LogP contribution in [0.3, 0.4) is 0 Å². The summed E-state index contributed by atoms with van der Waals surface area (Å²) in [6.45, 7) is 5.74. The maximum absolute atomic E-state index is 13.3. The number of guanidine groups is 1. The molecule has 0 bridgehead atoms. The van der Waals surface area contributed by atoms with E-state index in [9.17, 15) is 4.39 Å². The Labute approximate surface area is 184 Å². The highest BCUT2D eigenvalue weighted by molar-refractivity contribution is 14.0. The Morgan fingerprint density at radius 3 is 2.79 bits per heavy atom. The molecule has 8 heteroatoms. The van der Waals surface area contributed by atoms with Crippen LogP contribution in [-0.2, 0) is 9.47 Å². The molecule has 1 aromatic rings. The summed E-state index contributed by atoms with van der Waals surface area (Å²) in [5.41, 5.74) is 0. The largest absolute Gasteiger partial charge is 0.489 e. The number of nitrogens with one attached hydrogen (secondary N) is 2. The van der Waals surface area contributed by atoms with Gasteiger partial charge in [-0.1, -0.05) is 13.0 Å². The van der Waals surface area contributed by atoms with Crippen molar-refractivity contribution >= 4 is 29.9 Å².